The summed E-state index contributed by atoms with van der Waals surface area (Å²) in [6.07, 6.45) is 3.33. The number of carbonyl (C=O) groups excluding carboxylic acids is 2. The maximum absolute atomic E-state index is 14.3. The fourth-order valence-electron chi connectivity index (χ4n) is 7.93. The van der Waals surface area contributed by atoms with Gasteiger partial charge in [-0.15, -0.1) is 0 Å². The highest BCUT2D eigenvalue weighted by Gasteiger charge is 2.33. The van der Waals surface area contributed by atoms with Gasteiger partial charge in [-0.1, -0.05) is 78.9 Å². The summed E-state index contributed by atoms with van der Waals surface area (Å²) in [5.41, 5.74) is 7.56. The van der Waals surface area contributed by atoms with Crippen LogP contribution in [0.4, 0.5) is 21.5 Å². The first-order chi connectivity index (χ1) is 24.5. The molecule has 0 spiro atoms. The van der Waals surface area contributed by atoms with E-state index in [0.29, 0.717) is 11.1 Å². The van der Waals surface area contributed by atoms with Gasteiger partial charge in [0.1, 0.15) is 5.82 Å². The van der Waals surface area contributed by atoms with Crippen molar-refractivity contribution in [3.8, 4) is 0 Å². The molecule has 8 aromatic carbocycles. The molecule has 236 valence electrons. The Morgan fingerprint density at radius 1 is 0.480 bits per heavy atom. The Labute approximate surface area is 287 Å². The van der Waals surface area contributed by atoms with Crippen LogP contribution in [-0.4, -0.2) is 11.6 Å². The quantitative estimate of drug-likeness (QED) is 0.139. The van der Waals surface area contributed by atoms with E-state index in [1.807, 2.05) is 48.5 Å². The van der Waals surface area contributed by atoms with Gasteiger partial charge in [-0.05, 0) is 134 Å². The van der Waals surface area contributed by atoms with E-state index in [0.717, 1.165) is 84.1 Å². The molecular weight excluding hydrogens is 618 g/mol. The van der Waals surface area contributed by atoms with E-state index in [1.54, 1.807) is 12.1 Å². The zero-order valence-electron chi connectivity index (χ0n) is 26.9. The van der Waals surface area contributed by atoms with Crippen LogP contribution in [0, 0.1) is 5.82 Å². The number of aryl methyl sites for hydroxylation is 2. The van der Waals surface area contributed by atoms with Crippen molar-refractivity contribution < 1.29 is 14.0 Å². The molecule has 0 radical (unpaired) electrons. The average molecular weight is 646 g/mol. The molecule has 0 saturated carbocycles. The Bertz CT molecular complexity index is 2770. The number of hydrogen-bond donors (Lipinski definition) is 0. The zero-order valence-corrected chi connectivity index (χ0v) is 26.9. The van der Waals surface area contributed by atoms with Gasteiger partial charge in [0.25, 0.3) is 0 Å². The molecule has 0 aromatic heterocycles. The van der Waals surface area contributed by atoms with Crippen molar-refractivity contribution in [2.75, 3.05) is 4.90 Å². The van der Waals surface area contributed by atoms with Crippen LogP contribution in [-0.2, 0) is 12.8 Å². The number of fused-ring (bicyclic) bond motifs is 7. The van der Waals surface area contributed by atoms with E-state index < -0.39 is 0 Å². The van der Waals surface area contributed by atoms with Crippen LogP contribution in [0.5, 0.6) is 0 Å². The normalized spacial score (nSPS) is 13.9. The van der Waals surface area contributed by atoms with E-state index >= 15 is 0 Å². The largest absolute Gasteiger partial charge is 0.309 e. The highest BCUT2D eigenvalue weighted by atomic mass is 19.1. The topological polar surface area (TPSA) is 37.4 Å². The lowest BCUT2D eigenvalue weighted by atomic mass is 9.97. The summed E-state index contributed by atoms with van der Waals surface area (Å²) in [6, 6.07) is 46.3. The minimum atomic E-state index is -0.240. The lowest BCUT2D eigenvalue weighted by Crippen LogP contribution is -2.12. The number of halogens is 1. The van der Waals surface area contributed by atoms with Crippen molar-refractivity contribution in [1.82, 2.24) is 0 Å². The molecule has 10 rings (SSSR count). The summed E-state index contributed by atoms with van der Waals surface area (Å²) in [5, 5.41) is 8.17. The van der Waals surface area contributed by atoms with Crippen LogP contribution in [0.15, 0.2) is 145 Å². The Morgan fingerprint density at radius 3 is 1.72 bits per heavy atom. The first kappa shape index (κ1) is 28.6. The number of Topliss-reactive ketones (excluding diaryl/α,β-unsaturated/α-hetero) is 2. The molecule has 0 fully saturated rings. The molecule has 2 aliphatic rings. The summed E-state index contributed by atoms with van der Waals surface area (Å²) in [6.45, 7) is 0. The number of rotatable bonds is 2. The summed E-state index contributed by atoms with van der Waals surface area (Å²) in [4.78, 5) is 29.4. The second kappa shape index (κ2) is 10.8. The molecule has 1 aliphatic carbocycles. The number of nitrogens with zero attached hydrogens (tertiary/aromatic N) is 1. The van der Waals surface area contributed by atoms with Crippen LogP contribution >= 0.6 is 0 Å². The van der Waals surface area contributed by atoms with Gasteiger partial charge >= 0.3 is 0 Å². The van der Waals surface area contributed by atoms with Crippen molar-refractivity contribution in [2.24, 2.45) is 0 Å². The molecule has 0 N–H and O–H groups in total. The summed E-state index contributed by atoms with van der Waals surface area (Å²) in [5.74, 6) is -0.697. The molecule has 3 nitrogen and oxygen atoms in total. The van der Waals surface area contributed by atoms with Crippen molar-refractivity contribution in [3.05, 3.63) is 179 Å². The van der Waals surface area contributed by atoms with Gasteiger partial charge in [0, 0.05) is 27.9 Å². The first-order valence-electron chi connectivity index (χ1n) is 16.9. The Hall–Kier alpha value is -6.39. The molecule has 0 atom stereocenters. The third-order valence-electron chi connectivity index (χ3n) is 10.4. The molecular formula is C46H28FNO2. The van der Waals surface area contributed by atoms with Crippen LogP contribution in [0.2, 0.25) is 0 Å². The van der Waals surface area contributed by atoms with Gasteiger partial charge in [0.15, 0.2) is 11.6 Å². The lowest BCUT2D eigenvalue weighted by molar-refractivity contribution is 0.0990. The first-order valence-corrected chi connectivity index (χ1v) is 16.9. The van der Waals surface area contributed by atoms with Crippen molar-refractivity contribution in [2.45, 2.75) is 12.8 Å². The Morgan fingerprint density at radius 2 is 1.04 bits per heavy atom. The minimum Gasteiger partial charge on any atom is -0.309 e. The lowest BCUT2D eigenvalue weighted by Gasteiger charge is -2.29. The van der Waals surface area contributed by atoms with Gasteiger partial charge in [-0.3, -0.25) is 9.59 Å². The number of ketones is 2. The highest BCUT2D eigenvalue weighted by Crippen LogP contribution is 2.46. The Kier molecular flexibility index (Phi) is 6.19. The molecule has 1 heterocycles. The highest BCUT2D eigenvalue weighted by molar-refractivity contribution is 6.42. The summed E-state index contributed by atoms with van der Waals surface area (Å²) in [7, 11) is 0. The van der Waals surface area contributed by atoms with Crippen LogP contribution in [0.25, 0.3) is 49.2 Å². The number of benzene rings is 8. The third-order valence-corrected chi connectivity index (χ3v) is 10.4. The van der Waals surface area contributed by atoms with Gasteiger partial charge in [0.2, 0.25) is 0 Å². The smallest absolute Gasteiger partial charge is 0.197 e. The van der Waals surface area contributed by atoms with Gasteiger partial charge in [-0.2, -0.15) is 0 Å². The van der Waals surface area contributed by atoms with E-state index in [-0.39, 0.29) is 23.0 Å². The van der Waals surface area contributed by atoms with E-state index in [2.05, 4.69) is 83.8 Å². The molecule has 4 heteroatoms. The van der Waals surface area contributed by atoms with Crippen molar-refractivity contribution >= 4 is 77.8 Å². The average Bonchev–Trinajstić information content (AvgIpc) is 3.26. The van der Waals surface area contributed by atoms with Crippen LogP contribution in [0.3, 0.4) is 0 Å². The van der Waals surface area contributed by atoms with E-state index in [9.17, 15) is 14.0 Å². The molecule has 0 saturated heterocycles. The van der Waals surface area contributed by atoms with Gasteiger partial charge < -0.3 is 4.90 Å². The monoisotopic (exact) mass is 645 g/mol. The summed E-state index contributed by atoms with van der Waals surface area (Å²) < 4.78 is 14.3. The van der Waals surface area contributed by atoms with Crippen molar-refractivity contribution in [3.63, 3.8) is 0 Å². The SMILES string of the molecule is O=C1C(=Cc2ccc3cc4c(cc3c2)CCc2cc3cc(F)ccc3cc2N4c2cccc3ccccc23)C(=O)c2cc3ccccc3cc21. The maximum atomic E-state index is 14.3. The van der Waals surface area contributed by atoms with E-state index in [4.69, 9.17) is 0 Å². The number of carbonyl (C=O) groups is 2. The molecule has 0 amide bonds. The standard InChI is InChI=1S/C46H28FNO2/c47-37-17-16-32-26-44-34(21-36(32)22-37)15-14-33-20-35-18-27(19-41-45(49)39-23-29-7-1-2-8-30(29)24-40(39)46(41)50)12-13-31(35)25-43(33)48(44)42-11-5-9-28-6-3-4-10-38(28)42/h1-13,16-26H,14-15H2. The van der Waals surface area contributed by atoms with Gasteiger partial charge in [-0.25, -0.2) is 4.39 Å². The molecule has 0 bridgehead atoms. The Balaban J connectivity index is 1.12. The molecule has 0 unspecified atom stereocenters. The fraction of sp³-hybridized carbons (Fsp3) is 0.0435. The second-order valence-corrected chi connectivity index (χ2v) is 13.4. The number of anilines is 3. The van der Waals surface area contributed by atoms with Crippen LogP contribution in [0.1, 0.15) is 37.4 Å². The third kappa shape index (κ3) is 4.42. The predicted molar refractivity (Wildman–Crippen MR) is 202 cm³/mol. The molecule has 50 heavy (non-hydrogen) atoms. The fourth-order valence-corrected chi connectivity index (χ4v) is 7.93. The summed E-state index contributed by atoms with van der Waals surface area (Å²) >= 11 is 0. The predicted octanol–water partition coefficient (Wildman–Crippen LogP) is 11.5. The van der Waals surface area contributed by atoms with Crippen molar-refractivity contribution in [1.29, 1.82) is 0 Å². The van der Waals surface area contributed by atoms with Gasteiger partial charge in [0.05, 0.1) is 11.3 Å². The second-order valence-electron chi connectivity index (χ2n) is 13.4. The number of allylic oxidation sites excluding steroid dienone is 1. The van der Waals surface area contributed by atoms with Crippen LogP contribution < -0.4 is 4.90 Å². The van der Waals surface area contributed by atoms with E-state index in [1.165, 1.54) is 11.6 Å². The molecule has 1 aliphatic heterocycles. The minimum absolute atomic E-state index is 0.200. The zero-order chi connectivity index (χ0) is 33.5. The maximum Gasteiger partial charge on any atom is 0.197 e. The molecule has 8 aromatic rings. The number of hydrogen-bond acceptors (Lipinski definition) is 3.